The monoisotopic (exact) mass is 306 g/mol. The van der Waals surface area contributed by atoms with Crippen LogP contribution in [0.5, 0.6) is 0 Å². The predicted octanol–water partition coefficient (Wildman–Crippen LogP) is 3.74. The van der Waals surface area contributed by atoms with Crippen LogP contribution in [0.4, 0.5) is 0 Å². The molecule has 1 N–H and O–H groups in total. The second kappa shape index (κ2) is 6.80. The molecular weight excluding hydrogens is 284 g/mol. The van der Waals surface area contributed by atoms with Crippen molar-refractivity contribution >= 4 is 17.5 Å². The normalized spacial score (nSPS) is 23.8. The van der Waals surface area contributed by atoms with Gasteiger partial charge in [-0.1, -0.05) is 55.8 Å². The van der Waals surface area contributed by atoms with Gasteiger partial charge in [0.25, 0.3) is 0 Å². The van der Waals surface area contributed by atoms with E-state index in [2.05, 4.69) is 5.32 Å². The molecule has 21 heavy (non-hydrogen) atoms. The summed E-state index contributed by atoms with van der Waals surface area (Å²) < 4.78 is 0. The fourth-order valence-corrected chi connectivity index (χ4v) is 3.66. The van der Waals surface area contributed by atoms with Crippen molar-refractivity contribution in [3.8, 4) is 0 Å². The molecule has 3 rings (SSSR count). The highest BCUT2D eigenvalue weighted by Crippen LogP contribution is 2.29. The summed E-state index contributed by atoms with van der Waals surface area (Å²) in [7, 11) is 0. The lowest BCUT2D eigenvalue weighted by Crippen LogP contribution is -2.32. The molecular formula is C17H23ClN2O. The maximum atomic E-state index is 12.1. The second-order valence-corrected chi connectivity index (χ2v) is 6.65. The van der Waals surface area contributed by atoms with Crippen LogP contribution >= 0.6 is 11.6 Å². The van der Waals surface area contributed by atoms with Crippen molar-refractivity contribution in [1.29, 1.82) is 0 Å². The second-order valence-electron chi connectivity index (χ2n) is 6.21. The van der Waals surface area contributed by atoms with Crippen LogP contribution < -0.4 is 5.32 Å². The average Bonchev–Trinajstić information content (AvgIpc) is 2.88. The molecule has 1 atom stereocenters. The molecule has 1 heterocycles. The lowest BCUT2D eigenvalue weighted by Gasteiger charge is -2.28. The van der Waals surface area contributed by atoms with Crippen molar-refractivity contribution in [2.45, 2.75) is 44.7 Å². The minimum atomic E-state index is 0.0124. The van der Waals surface area contributed by atoms with E-state index in [9.17, 15) is 4.79 Å². The minimum Gasteiger partial charge on any atom is -0.322 e. The van der Waals surface area contributed by atoms with E-state index in [-0.39, 0.29) is 12.1 Å². The summed E-state index contributed by atoms with van der Waals surface area (Å²) in [5.41, 5.74) is 1.12. The van der Waals surface area contributed by atoms with Gasteiger partial charge in [0.2, 0.25) is 5.91 Å². The van der Waals surface area contributed by atoms with Gasteiger partial charge in [-0.05, 0) is 30.0 Å². The van der Waals surface area contributed by atoms with Gasteiger partial charge in [0.15, 0.2) is 0 Å². The highest BCUT2D eigenvalue weighted by atomic mass is 35.5. The Kier molecular flexibility index (Phi) is 4.81. The quantitative estimate of drug-likeness (QED) is 0.919. The zero-order valence-electron chi connectivity index (χ0n) is 12.4. The number of carbonyl (C=O) groups is 1. The van der Waals surface area contributed by atoms with E-state index in [1.807, 2.05) is 29.2 Å². The molecule has 0 aromatic heterocycles. The zero-order valence-corrected chi connectivity index (χ0v) is 13.1. The molecule has 1 aliphatic carbocycles. The number of hydrogen-bond donors (Lipinski definition) is 1. The number of benzene rings is 1. The van der Waals surface area contributed by atoms with E-state index in [1.54, 1.807) is 0 Å². The van der Waals surface area contributed by atoms with Crippen molar-refractivity contribution in [3.63, 3.8) is 0 Å². The molecule has 1 saturated carbocycles. The van der Waals surface area contributed by atoms with Gasteiger partial charge >= 0.3 is 0 Å². The summed E-state index contributed by atoms with van der Waals surface area (Å²) in [6.45, 7) is 1.31. The Morgan fingerprint density at radius 2 is 1.86 bits per heavy atom. The van der Waals surface area contributed by atoms with E-state index >= 15 is 0 Å². The van der Waals surface area contributed by atoms with Gasteiger partial charge in [-0.15, -0.1) is 0 Å². The van der Waals surface area contributed by atoms with Crippen molar-refractivity contribution in [3.05, 3.63) is 34.9 Å². The first kappa shape index (κ1) is 14.9. The third-order valence-electron chi connectivity index (χ3n) is 4.77. The van der Waals surface area contributed by atoms with E-state index < -0.39 is 0 Å². The smallest absolute Gasteiger partial charge is 0.238 e. The van der Waals surface area contributed by atoms with E-state index in [0.29, 0.717) is 6.54 Å². The van der Waals surface area contributed by atoms with Crippen LogP contribution in [0.2, 0.25) is 5.02 Å². The first-order valence-corrected chi connectivity index (χ1v) is 8.40. The first-order valence-electron chi connectivity index (χ1n) is 8.02. The molecule has 1 amide bonds. The topological polar surface area (TPSA) is 32.3 Å². The molecule has 1 aliphatic heterocycles. The number of halogens is 1. The number of nitrogens with one attached hydrogen (secondary N) is 1. The van der Waals surface area contributed by atoms with E-state index in [1.165, 1.54) is 32.1 Å². The molecule has 1 saturated heterocycles. The molecule has 2 aliphatic rings. The Labute approximate surface area is 131 Å². The zero-order chi connectivity index (χ0) is 14.7. The molecule has 0 bridgehead atoms. The van der Waals surface area contributed by atoms with Crippen LogP contribution in [0.15, 0.2) is 24.3 Å². The first-order chi connectivity index (χ1) is 10.2. The van der Waals surface area contributed by atoms with Gasteiger partial charge in [0, 0.05) is 11.6 Å². The molecule has 0 radical (unpaired) electrons. The van der Waals surface area contributed by atoms with Gasteiger partial charge in [0.05, 0.1) is 6.54 Å². The summed E-state index contributed by atoms with van der Waals surface area (Å²) in [4.78, 5) is 14.1. The Morgan fingerprint density at radius 1 is 1.14 bits per heavy atom. The Hall–Kier alpha value is -1.06. The van der Waals surface area contributed by atoms with Gasteiger partial charge in [0.1, 0.15) is 6.17 Å². The van der Waals surface area contributed by atoms with Gasteiger partial charge in [-0.25, -0.2) is 0 Å². The number of amides is 1. The summed E-state index contributed by atoms with van der Waals surface area (Å²) in [6, 6.07) is 7.79. The number of carbonyl (C=O) groups excluding carboxylic acids is 1. The van der Waals surface area contributed by atoms with Crippen molar-refractivity contribution in [1.82, 2.24) is 10.2 Å². The largest absolute Gasteiger partial charge is 0.322 e. The van der Waals surface area contributed by atoms with Crippen LogP contribution in [0.1, 0.15) is 50.3 Å². The lowest BCUT2D eigenvalue weighted by atomic mass is 9.87. The lowest BCUT2D eigenvalue weighted by molar-refractivity contribution is -0.128. The average molecular weight is 307 g/mol. The molecule has 4 heteroatoms. The maximum Gasteiger partial charge on any atom is 0.238 e. The number of rotatable bonds is 4. The van der Waals surface area contributed by atoms with Gasteiger partial charge in [-0.2, -0.15) is 0 Å². The van der Waals surface area contributed by atoms with Gasteiger partial charge < -0.3 is 4.90 Å². The van der Waals surface area contributed by atoms with Crippen LogP contribution in [0.3, 0.4) is 0 Å². The summed E-state index contributed by atoms with van der Waals surface area (Å²) in [6.07, 6.45) is 7.92. The summed E-state index contributed by atoms with van der Waals surface area (Å²) in [5, 5.41) is 4.05. The highest BCUT2D eigenvalue weighted by molar-refractivity contribution is 6.30. The maximum absolute atomic E-state index is 12.1. The van der Waals surface area contributed by atoms with Crippen molar-refractivity contribution in [2.75, 3.05) is 13.1 Å². The molecule has 2 fully saturated rings. The number of nitrogens with zero attached hydrogens (tertiary/aromatic N) is 1. The molecule has 0 spiro atoms. The van der Waals surface area contributed by atoms with Crippen LogP contribution in [-0.2, 0) is 4.79 Å². The number of hydrogen-bond acceptors (Lipinski definition) is 2. The summed E-state index contributed by atoms with van der Waals surface area (Å²) >= 11 is 5.95. The fraction of sp³-hybridized carbons (Fsp3) is 0.588. The van der Waals surface area contributed by atoms with Crippen LogP contribution in [0, 0.1) is 5.92 Å². The van der Waals surface area contributed by atoms with Crippen LogP contribution in [-0.4, -0.2) is 23.9 Å². The van der Waals surface area contributed by atoms with Crippen LogP contribution in [0.25, 0.3) is 0 Å². The Bertz CT molecular complexity index is 482. The molecule has 114 valence electrons. The Morgan fingerprint density at radius 3 is 2.57 bits per heavy atom. The molecule has 1 aromatic carbocycles. The predicted molar refractivity (Wildman–Crippen MR) is 85.1 cm³/mol. The molecule has 3 nitrogen and oxygen atoms in total. The minimum absolute atomic E-state index is 0.0124. The summed E-state index contributed by atoms with van der Waals surface area (Å²) in [5.74, 6) is 1.02. The molecule has 1 aromatic rings. The van der Waals surface area contributed by atoms with Crippen molar-refractivity contribution in [2.24, 2.45) is 5.92 Å². The van der Waals surface area contributed by atoms with E-state index in [0.717, 1.165) is 29.5 Å². The van der Waals surface area contributed by atoms with E-state index in [4.69, 9.17) is 11.6 Å². The fourth-order valence-electron chi connectivity index (χ4n) is 3.53. The highest BCUT2D eigenvalue weighted by Gasteiger charge is 2.31. The third-order valence-corrected chi connectivity index (χ3v) is 5.02. The SMILES string of the molecule is O=C1CNC(c2ccc(Cl)cc2)N1CCC1CCCCC1. The van der Waals surface area contributed by atoms with Crippen molar-refractivity contribution < 1.29 is 4.79 Å². The Balaban J connectivity index is 1.63. The van der Waals surface area contributed by atoms with Gasteiger partial charge in [-0.3, -0.25) is 10.1 Å². The standard InChI is InChI=1S/C17H23ClN2O/c18-15-8-6-14(7-9-15)17-19-12-16(21)20(17)11-10-13-4-2-1-3-5-13/h6-9,13,17,19H,1-5,10-12H2. The molecule has 1 unspecified atom stereocenters. The third kappa shape index (κ3) is 3.58.